The number of sulfonamides is 1. The number of anilines is 1. The maximum Gasteiger partial charge on any atom is 0.270 e. The highest BCUT2D eigenvalue weighted by molar-refractivity contribution is 7.93. The molecule has 1 amide bonds. The van der Waals surface area contributed by atoms with Crippen LogP contribution in [0.4, 0.5) is 5.82 Å². The zero-order chi connectivity index (χ0) is 28.9. The molecular formula is C27H33N7O5S. The predicted octanol–water partition coefficient (Wildman–Crippen LogP) is 2.67. The zero-order valence-electron chi connectivity index (χ0n) is 23.1. The number of nitrogens with zero attached hydrogens (tertiary/aromatic N) is 4. The van der Waals surface area contributed by atoms with Crippen molar-refractivity contribution in [3.63, 3.8) is 0 Å². The van der Waals surface area contributed by atoms with E-state index in [1.165, 1.54) is 20.3 Å². The molecule has 0 unspecified atom stereocenters. The molecule has 3 N–H and O–H groups in total. The number of amides is 1. The van der Waals surface area contributed by atoms with Gasteiger partial charge in [0.1, 0.15) is 11.5 Å². The lowest BCUT2D eigenvalue weighted by atomic mass is 10.1. The molecule has 2 aromatic heterocycles. The highest BCUT2D eigenvalue weighted by Gasteiger charge is 2.26. The number of benzene rings is 2. The van der Waals surface area contributed by atoms with Crippen molar-refractivity contribution in [1.29, 1.82) is 0 Å². The molecule has 0 saturated carbocycles. The van der Waals surface area contributed by atoms with E-state index in [-0.39, 0.29) is 28.1 Å². The second kappa shape index (κ2) is 12.2. The van der Waals surface area contributed by atoms with Crippen molar-refractivity contribution >= 4 is 32.7 Å². The molecule has 40 heavy (non-hydrogen) atoms. The Balaban J connectivity index is 1.48. The molecule has 0 aliphatic carbocycles. The Kier molecular flexibility index (Phi) is 8.75. The van der Waals surface area contributed by atoms with E-state index in [9.17, 15) is 13.2 Å². The summed E-state index contributed by atoms with van der Waals surface area (Å²) in [5, 5.41) is 15.1. The van der Waals surface area contributed by atoms with Crippen molar-refractivity contribution in [3.05, 3.63) is 71.6 Å². The number of aryl methyl sites for hydroxylation is 1. The van der Waals surface area contributed by atoms with Gasteiger partial charge in [-0.3, -0.25) is 19.3 Å². The van der Waals surface area contributed by atoms with Gasteiger partial charge in [-0.15, -0.1) is 0 Å². The molecule has 12 nitrogen and oxygen atoms in total. The van der Waals surface area contributed by atoms with Crippen molar-refractivity contribution in [2.75, 3.05) is 39.6 Å². The van der Waals surface area contributed by atoms with E-state index < -0.39 is 10.0 Å². The van der Waals surface area contributed by atoms with Crippen LogP contribution in [0.15, 0.2) is 59.8 Å². The summed E-state index contributed by atoms with van der Waals surface area (Å²) in [5.74, 6) is 0.323. The van der Waals surface area contributed by atoms with Crippen LogP contribution >= 0.6 is 0 Å². The van der Waals surface area contributed by atoms with E-state index in [1.54, 1.807) is 35.2 Å². The Hall–Kier alpha value is -4.36. The summed E-state index contributed by atoms with van der Waals surface area (Å²) in [5.41, 5.74) is 3.32. The van der Waals surface area contributed by atoms with Gasteiger partial charge in [0, 0.05) is 36.3 Å². The van der Waals surface area contributed by atoms with Crippen molar-refractivity contribution in [1.82, 2.24) is 30.2 Å². The minimum Gasteiger partial charge on any atom is -0.495 e. The molecule has 0 aliphatic heterocycles. The summed E-state index contributed by atoms with van der Waals surface area (Å²) in [6, 6.07) is 8.61. The Morgan fingerprint density at radius 3 is 2.55 bits per heavy atom. The van der Waals surface area contributed by atoms with Gasteiger partial charge in [-0.2, -0.15) is 10.2 Å². The monoisotopic (exact) mass is 567 g/mol. The van der Waals surface area contributed by atoms with Crippen molar-refractivity contribution in [3.8, 4) is 11.5 Å². The summed E-state index contributed by atoms with van der Waals surface area (Å²) in [7, 11) is 2.57. The van der Waals surface area contributed by atoms with Crippen LogP contribution in [0.2, 0.25) is 0 Å². The highest BCUT2D eigenvalue weighted by Crippen LogP contribution is 2.35. The molecule has 0 fully saturated rings. The molecular weight excluding hydrogens is 534 g/mol. The molecule has 4 aromatic rings. The topological polar surface area (TPSA) is 143 Å². The van der Waals surface area contributed by atoms with Crippen LogP contribution in [-0.4, -0.2) is 74.1 Å². The van der Waals surface area contributed by atoms with E-state index in [0.29, 0.717) is 30.5 Å². The zero-order valence-corrected chi connectivity index (χ0v) is 23.9. The Bertz CT molecular complexity index is 1620. The van der Waals surface area contributed by atoms with Gasteiger partial charge in [0.05, 0.1) is 32.5 Å². The number of H-pyrrole nitrogens is 1. The molecule has 0 bridgehead atoms. The van der Waals surface area contributed by atoms with E-state index in [4.69, 9.17) is 9.47 Å². The smallest absolute Gasteiger partial charge is 0.270 e. The molecule has 2 aromatic carbocycles. The second-order valence-corrected chi connectivity index (χ2v) is 11.1. The largest absolute Gasteiger partial charge is 0.495 e. The molecule has 0 aliphatic rings. The number of aromatic nitrogens is 4. The first kappa shape index (κ1) is 28.6. The molecule has 13 heteroatoms. The number of ether oxygens (including phenoxy) is 2. The number of likely N-dealkylation sites (N-methyl/N-ethyl adjacent to an activating group) is 1. The maximum absolute atomic E-state index is 13.3. The second-order valence-electron chi connectivity index (χ2n) is 9.43. The van der Waals surface area contributed by atoms with Gasteiger partial charge in [0.25, 0.3) is 10.0 Å². The summed E-state index contributed by atoms with van der Waals surface area (Å²) in [4.78, 5) is 13.8. The average Bonchev–Trinajstić information content (AvgIpc) is 3.53. The fourth-order valence-electron chi connectivity index (χ4n) is 4.25. The Morgan fingerprint density at radius 1 is 1.15 bits per heavy atom. The van der Waals surface area contributed by atoms with Crippen LogP contribution in [0.5, 0.6) is 11.5 Å². The third kappa shape index (κ3) is 6.61. The average molecular weight is 568 g/mol. The number of carbonyl (C=O) groups is 1. The Labute approximate surface area is 233 Å². The van der Waals surface area contributed by atoms with Crippen LogP contribution in [0, 0.1) is 6.92 Å². The van der Waals surface area contributed by atoms with Crippen LogP contribution in [0.1, 0.15) is 16.7 Å². The Morgan fingerprint density at radius 2 is 1.88 bits per heavy atom. The molecule has 2 heterocycles. The minimum absolute atomic E-state index is 0.110. The first-order valence-electron chi connectivity index (χ1n) is 12.4. The van der Waals surface area contributed by atoms with Crippen molar-refractivity contribution in [2.24, 2.45) is 0 Å². The van der Waals surface area contributed by atoms with Gasteiger partial charge in [-0.05, 0) is 50.3 Å². The first-order valence-corrected chi connectivity index (χ1v) is 13.9. The summed E-state index contributed by atoms with van der Waals surface area (Å²) in [6.45, 7) is 3.42. The van der Waals surface area contributed by atoms with Gasteiger partial charge in [-0.25, -0.2) is 8.42 Å². The van der Waals surface area contributed by atoms with E-state index >= 15 is 0 Å². The fraction of sp³-hybridized carbons (Fsp3) is 0.296. The van der Waals surface area contributed by atoms with E-state index in [0.717, 1.165) is 16.7 Å². The lowest BCUT2D eigenvalue weighted by molar-refractivity contribution is -0.116. The molecule has 0 spiro atoms. The van der Waals surface area contributed by atoms with Gasteiger partial charge >= 0.3 is 0 Å². The van der Waals surface area contributed by atoms with Gasteiger partial charge in [0.15, 0.2) is 10.7 Å². The quantitative estimate of drug-likeness (QED) is 0.222. The van der Waals surface area contributed by atoms with E-state index in [1.807, 2.05) is 44.2 Å². The minimum atomic E-state index is -4.09. The summed E-state index contributed by atoms with van der Waals surface area (Å²) in [6.07, 6.45) is 6.91. The fourth-order valence-corrected chi connectivity index (χ4v) is 5.59. The van der Waals surface area contributed by atoms with Gasteiger partial charge in [-0.1, -0.05) is 18.2 Å². The van der Waals surface area contributed by atoms with E-state index in [2.05, 4.69) is 25.3 Å². The van der Waals surface area contributed by atoms with Crippen molar-refractivity contribution in [2.45, 2.75) is 24.9 Å². The summed E-state index contributed by atoms with van der Waals surface area (Å²) < 4.78 is 41.5. The van der Waals surface area contributed by atoms with Crippen LogP contribution in [-0.2, 0) is 27.9 Å². The number of hydrogen-bond acceptors (Lipinski definition) is 8. The predicted molar refractivity (Wildman–Crippen MR) is 152 cm³/mol. The standard InChI is InChI=1S/C27H33N7O5S/c1-18-12-19(16-34-17-20(15-29-34)14-28-24(35)10-7-11-33(2)3)13-21-25(18)27(31-30-21)32-40(36,37)26-22(38-4)8-6-9-23(26)39-5/h6-10,12-13,15,17H,11,14,16H2,1-5H3,(H,28,35)(H2,30,31,32)/b10-7+. The molecule has 0 saturated heterocycles. The maximum atomic E-state index is 13.3. The number of carbonyl (C=O) groups excluding carboxylic acids is 1. The normalized spacial score (nSPS) is 11.8. The lowest BCUT2D eigenvalue weighted by Gasteiger charge is -2.14. The lowest BCUT2D eigenvalue weighted by Crippen LogP contribution is -2.20. The molecule has 0 atom stereocenters. The summed E-state index contributed by atoms with van der Waals surface area (Å²) >= 11 is 0. The highest BCUT2D eigenvalue weighted by atomic mass is 32.2. The first-order chi connectivity index (χ1) is 19.1. The number of aromatic amines is 1. The van der Waals surface area contributed by atoms with Crippen molar-refractivity contribution < 1.29 is 22.7 Å². The number of hydrogen-bond donors (Lipinski definition) is 3. The van der Waals surface area contributed by atoms with Gasteiger partial charge in [0.2, 0.25) is 5.91 Å². The van der Waals surface area contributed by atoms with Gasteiger partial charge < -0.3 is 19.7 Å². The third-order valence-corrected chi connectivity index (χ3v) is 7.44. The van der Waals surface area contributed by atoms with Crippen LogP contribution < -0.4 is 19.5 Å². The van der Waals surface area contributed by atoms with Crippen LogP contribution in [0.25, 0.3) is 10.9 Å². The molecule has 212 valence electrons. The third-order valence-electron chi connectivity index (χ3n) is 6.04. The number of fused-ring (bicyclic) bond motifs is 1. The number of rotatable bonds is 12. The SMILES string of the molecule is COc1cccc(OC)c1S(=O)(=O)Nc1n[nH]c2cc(Cn3cc(CNC(=O)/C=C/CN(C)C)cn3)cc(C)c12. The molecule has 0 radical (unpaired) electrons. The number of nitrogens with one attached hydrogen (secondary N) is 3. The molecule has 4 rings (SSSR count). The number of methoxy groups -OCH3 is 2. The van der Waals surface area contributed by atoms with Crippen LogP contribution in [0.3, 0.4) is 0 Å².